The van der Waals surface area contributed by atoms with Crippen LogP contribution in [0, 0.1) is 0 Å². The first-order valence-corrected chi connectivity index (χ1v) is 9.78. The quantitative estimate of drug-likeness (QED) is 0.455. The summed E-state index contributed by atoms with van der Waals surface area (Å²) in [4.78, 5) is 1.62. The number of aromatic hydroxyl groups is 1. The summed E-state index contributed by atoms with van der Waals surface area (Å²) in [6.07, 6.45) is 0. The van der Waals surface area contributed by atoms with Crippen molar-refractivity contribution in [2.75, 3.05) is 0 Å². The van der Waals surface area contributed by atoms with Gasteiger partial charge in [-0.3, -0.25) is 0 Å². The van der Waals surface area contributed by atoms with E-state index in [1.165, 1.54) is 0 Å². The Morgan fingerprint density at radius 3 is 2.07 bits per heavy atom. The largest absolute Gasteiger partial charge is 0.507 e. The number of phenolic OH excluding ortho intramolecular Hbond substituents is 1. The Balaban J connectivity index is 1.60. The van der Waals surface area contributed by atoms with Crippen LogP contribution in [-0.2, 0) is 6.54 Å². The number of hydrogen-bond acceptors (Lipinski definition) is 4. The number of benzene rings is 4. The molecule has 0 fully saturated rings. The minimum Gasteiger partial charge on any atom is -0.507 e. The van der Waals surface area contributed by atoms with Gasteiger partial charge in [0.2, 0.25) is 0 Å². The molecular weight excluding hydrogens is 372 g/mol. The van der Waals surface area contributed by atoms with E-state index in [9.17, 15) is 5.11 Å². The maximum absolute atomic E-state index is 11.0. The standard InChI is InChI=1S/C25H20N4O/c26-16-18-15-19(29-27-23-11-4-5-12-24(23)28-29)13-14-20(18)22-10-6-9-21(25(22)30)17-7-2-1-3-8-17/h1-15,30H,16,26H2. The second-order valence-electron chi connectivity index (χ2n) is 7.09. The van der Waals surface area contributed by atoms with Gasteiger partial charge in [-0.2, -0.15) is 4.80 Å². The van der Waals surface area contributed by atoms with Crippen molar-refractivity contribution in [3.05, 3.63) is 96.6 Å². The van der Waals surface area contributed by atoms with E-state index in [2.05, 4.69) is 10.2 Å². The molecule has 1 heterocycles. The van der Waals surface area contributed by atoms with E-state index in [-0.39, 0.29) is 5.75 Å². The summed E-state index contributed by atoms with van der Waals surface area (Å²) in [5.74, 6) is 0.245. The van der Waals surface area contributed by atoms with Crippen LogP contribution >= 0.6 is 0 Å². The van der Waals surface area contributed by atoms with Gasteiger partial charge in [-0.05, 0) is 41.0 Å². The highest BCUT2D eigenvalue weighted by Gasteiger charge is 2.15. The first-order chi connectivity index (χ1) is 14.7. The monoisotopic (exact) mass is 392 g/mol. The Hall–Kier alpha value is -3.96. The molecule has 30 heavy (non-hydrogen) atoms. The van der Waals surface area contributed by atoms with E-state index in [4.69, 9.17) is 5.73 Å². The third kappa shape index (κ3) is 3.11. The maximum atomic E-state index is 11.0. The van der Waals surface area contributed by atoms with E-state index in [1.54, 1.807) is 4.80 Å². The summed E-state index contributed by atoms with van der Waals surface area (Å²) < 4.78 is 0. The van der Waals surface area contributed by atoms with Crippen LogP contribution in [-0.4, -0.2) is 20.1 Å². The second-order valence-corrected chi connectivity index (χ2v) is 7.09. The van der Waals surface area contributed by atoms with E-state index in [0.29, 0.717) is 6.54 Å². The zero-order valence-corrected chi connectivity index (χ0v) is 16.2. The fourth-order valence-corrected chi connectivity index (χ4v) is 3.72. The van der Waals surface area contributed by atoms with Gasteiger partial charge in [0.1, 0.15) is 16.8 Å². The topological polar surface area (TPSA) is 77.0 Å². The van der Waals surface area contributed by atoms with Crippen LogP contribution in [0.5, 0.6) is 5.75 Å². The van der Waals surface area contributed by atoms with E-state index >= 15 is 0 Å². The number of nitrogens with zero attached hydrogens (tertiary/aromatic N) is 3. The van der Waals surface area contributed by atoms with Crippen molar-refractivity contribution in [2.45, 2.75) is 6.54 Å². The predicted molar refractivity (Wildman–Crippen MR) is 119 cm³/mol. The van der Waals surface area contributed by atoms with Crippen LogP contribution in [0.4, 0.5) is 0 Å². The van der Waals surface area contributed by atoms with Gasteiger partial charge in [-0.1, -0.05) is 66.7 Å². The van der Waals surface area contributed by atoms with Gasteiger partial charge in [0, 0.05) is 17.7 Å². The molecule has 5 aromatic rings. The molecule has 0 amide bonds. The zero-order chi connectivity index (χ0) is 20.5. The Labute approximate surface area is 174 Å². The van der Waals surface area contributed by atoms with Crippen LogP contribution in [0.25, 0.3) is 39.0 Å². The third-order valence-corrected chi connectivity index (χ3v) is 5.24. The summed E-state index contributed by atoms with van der Waals surface area (Å²) in [6, 6.07) is 29.3. The van der Waals surface area contributed by atoms with Crippen LogP contribution < -0.4 is 5.73 Å². The van der Waals surface area contributed by atoms with Crippen molar-refractivity contribution < 1.29 is 5.11 Å². The minimum atomic E-state index is 0.245. The van der Waals surface area contributed by atoms with Crippen molar-refractivity contribution >= 4 is 11.0 Å². The van der Waals surface area contributed by atoms with Crippen LogP contribution in [0.2, 0.25) is 0 Å². The summed E-state index contributed by atoms with van der Waals surface area (Å²) in [7, 11) is 0. The average molecular weight is 392 g/mol. The summed E-state index contributed by atoms with van der Waals surface area (Å²) >= 11 is 0. The van der Waals surface area contributed by atoms with Gasteiger partial charge in [-0.25, -0.2) is 0 Å². The molecular formula is C25H20N4O. The molecule has 0 saturated carbocycles. The Kier molecular flexibility index (Phi) is 4.50. The van der Waals surface area contributed by atoms with Gasteiger partial charge in [0.25, 0.3) is 0 Å². The van der Waals surface area contributed by atoms with Crippen molar-refractivity contribution in [3.63, 3.8) is 0 Å². The molecule has 0 spiro atoms. The zero-order valence-electron chi connectivity index (χ0n) is 16.2. The van der Waals surface area contributed by atoms with E-state index in [1.807, 2.05) is 91.0 Å². The van der Waals surface area contributed by atoms with Crippen LogP contribution in [0.3, 0.4) is 0 Å². The van der Waals surface area contributed by atoms with Gasteiger partial charge in [0.15, 0.2) is 0 Å². The van der Waals surface area contributed by atoms with E-state index < -0.39 is 0 Å². The molecule has 146 valence electrons. The Bertz CT molecular complexity index is 1310. The smallest absolute Gasteiger partial charge is 0.131 e. The fourth-order valence-electron chi connectivity index (χ4n) is 3.72. The molecule has 0 saturated heterocycles. The summed E-state index contributed by atoms with van der Waals surface area (Å²) in [5, 5.41) is 20.1. The lowest BCUT2D eigenvalue weighted by Gasteiger charge is -2.14. The lowest BCUT2D eigenvalue weighted by Crippen LogP contribution is -2.04. The number of phenols is 1. The number of nitrogens with two attached hydrogens (primary N) is 1. The molecule has 0 aliphatic carbocycles. The normalized spacial score (nSPS) is 11.1. The molecule has 3 N–H and O–H groups in total. The highest BCUT2D eigenvalue weighted by molar-refractivity contribution is 5.83. The van der Waals surface area contributed by atoms with Gasteiger partial charge < -0.3 is 10.8 Å². The van der Waals surface area contributed by atoms with Gasteiger partial charge in [-0.15, -0.1) is 10.2 Å². The molecule has 5 heteroatoms. The molecule has 4 aromatic carbocycles. The van der Waals surface area contributed by atoms with Crippen molar-refractivity contribution in [2.24, 2.45) is 5.73 Å². The van der Waals surface area contributed by atoms with Crippen LogP contribution in [0.15, 0.2) is 91.0 Å². The first kappa shape index (κ1) is 18.1. The fraction of sp³-hybridized carbons (Fsp3) is 0.0400. The van der Waals surface area contributed by atoms with Crippen LogP contribution in [0.1, 0.15) is 5.56 Å². The maximum Gasteiger partial charge on any atom is 0.131 e. The number of rotatable bonds is 4. The summed E-state index contributed by atoms with van der Waals surface area (Å²) in [6.45, 7) is 0.332. The Morgan fingerprint density at radius 2 is 1.37 bits per heavy atom. The number of fused-ring (bicyclic) bond motifs is 1. The highest BCUT2D eigenvalue weighted by Crippen LogP contribution is 2.39. The lowest BCUT2D eigenvalue weighted by molar-refractivity contribution is 0.479. The SMILES string of the molecule is NCc1cc(-n2nc3ccccc3n2)ccc1-c1cccc(-c2ccccc2)c1O. The van der Waals surface area contributed by atoms with E-state index in [0.717, 1.165) is 44.5 Å². The lowest BCUT2D eigenvalue weighted by atomic mass is 9.94. The molecule has 5 rings (SSSR count). The minimum absolute atomic E-state index is 0.245. The average Bonchev–Trinajstić information content (AvgIpc) is 3.24. The molecule has 0 atom stereocenters. The predicted octanol–water partition coefficient (Wildman–Crippen LogP) is 4.92. The number of para-hydroxylation sites is 1. The molecule has 0 bridgehead atoms. The molecule has 0 aliphatic rings. The summed E-state index contributed by atoms with van der Waals surface area (Å²) in [5.41, 5.74) is 12.9. The van der Waals surface area contributed by atoms with Gasteiger partial charge >= 0.3 is 0 Å². The third-order valence-electron chi connectivity index (χ3n) is 5.24. The van der Waals surface area contributed by atoms with Crippen molar-refractivity contribution in [1.29, 1.82) is 0 Å². The molecule has 0 aliphatic heterocycles. The van der Waals surface area contributed by atoms with Crippen molar-refractivity contribution in [1.82, 2.24) is 15.0 Å². The molecule has 0 radical (unpaired) electrons. The molecule has 5 nitrogen and oxygen atoms in total. The number of aromatic nitrogens is 3. The Morgan fingerprint density at radius 1 is 0.700 bits per heavy atom. The van der Waals surface area contributed by atoms with Crippen molar-refractivity contribution in [3.8, 4) is 33.7 Å². The molecule has 0 unspecified atom stereocenters. The number of hydrogen-bond donors (Lipinski definition) is 2. The highest BCUT2D eigenvalue weighted by atomic mass is 16.3. The van der Waals surface area contributed by atoms with Gasteiger partial charge in [0.05, 0.1) is 5.69 Å². The second kappa shape index (κ2) is 7.46. The molecule has 1 aromatic heterocycles. The first-order valence-electron chi connectivity index (χ1n) is 9.78.